The number of benzene rings is 1. The molecule has 7 nitrogen and oxygen atoms in total. The first-order valence-corrected chi connectivity index (χ1v) is 9.04. The number of carboxylic acid groups (broad SMARTS) is 1. The molecule has 2 N–H and O–H groups in total. The van der Waals surface area contributed by atoms with E-state index < -0.39 is 12.1 Å². The highest BCUT2D eigenvalue weighted by atomic mass is 16.4. The Morgan fingerprint density at radius 3 is 2.67 bits per heavy atom. The van der Waals surface area contributed by atoms with E-state index in [4.69, 9.17) is 4.98 Å². The van der Waals surface area contributed by atoms with Gasteiger partial charge in [-0.3, -0.25) is 0 Å². The molecule has 0 saturated carbocycles. The van der Waals surface area contributed by atoms with Crippen LogP contribution in [0.25, 0.3) is 22.2 Å². The smallest absolute Gasteiger partial charge is 0.405 e. The Labute approximate surface area is 157 Å². The average molecular weight is 365 g/mol. The maximum Gasteiger partial charge on any atom is 0.405 e. The molecule has 0 radical (unpaired) electrons. The van der Waals surface area contributed by atoms with Crippen molar-refractivity contribution in [3.05, 3.63) is 48.3 Å². The molecule has 0 aliphatic carbocycles. The third-order valence-corrected chi connectivity index (χ3v) is 4.32. The molecule has 2 heterocycles. The summed E-state index contributed by atoms with van der Waals surface area (Å²) in [5, 5.41) is 12.7. The number of nitrogens with zero attached hydrogens (tertiary/aromatic N) is 4. The van der Waals surface area contributed by atoms with Gasteiger partial charge in [-0.05, 0) is 37.0 Å². The molecule has 0 aliphatic heterocycles. The Morgan fingerprint density at radius 2 is 2.04 bits per heavy atom. The standard InChI is InChI=1S/C20H23N5O2/c1-4-15-14-10-13(16-7-8-21-11-22-16)5-6-17(14)24-19(23-15)18(9-12(2)3)25-20(26)27/h5-8,10-12,18,25H,4,9H2,1-3H3,(H,26,27). The van der Waals surface area contributed by atoms with Gasteiger partial charge in [0.1, 0.15) is 6.33 Å². The van der Waals surface area contributed by atoms with Crippen LogP contribution in [0, 0.1) is 5.92 Å². The molecule has 140 valence electrons. The van der Waals surface area contributed by atoms with Crippen LogP contribution in [0.3, 0.4) is 0 Å². The van der Waals surface area contributed by atoms with Crippen molar-refractivity contribution < 1.29 is 9.90 Å². The first kappa shape index (κ1) is 18.7. The fraction of sp³-hybridized carbons (Fsp3) is 0.350. The van der Waals surface area contributed by atoms with Crippen molar-refractivity contribution in [1.82, 2.24) is 25.3 Å². The van der Waals surface area contributed by atoms with Crippen LogP contribution in [0.5, 0.6) is 0 Å². The van der Waals surface area contributed by atoms with Crippen LogP contribution >= 0.6 is 0 Å². The second-order valence-corrected chi connectivity index (χ2v) is 6.84. The largest absolute Gasteiger partial charge is 0.465 e. The summed E-state index contributed by atoms with van der Waals surface area (Å²) in [6, 6.07) is 7.35. The van der Waals surface area contributed by atoms with E-state index in [0.717, 1.165) is 34.3 Å². The minimum Gasteiger partial charge on any atom is -0.465 e. The molecule has 1 atom stereocenters. The van der Waals surface area contributed by atoms with Crippen molar-refractivity contribution in [2.24, 2.45) is 5.92 Å². The van der Waals surface area contributed by atoms with E-state index in [2.05, 4.69) is 20.3 Å². The van der Waals surface area contributed by atoms with E-state index in [1.54, 1.807) is 6.20 Å². The van der Waals surface area contributed by atoms with Gasteiger partial charge in [0.2, 0.25) is 0 Å². The summed E-state index contributed by atoms with van der Waals surface area (Å²) in [6.07, 6.45) is 3.52. The summed E-state index contributed by atoms with van der Waals surface area (Å²) in [5.74, 6) is 0.830. The molecule has 1 aromatic carbocycles. The molecule has 0 spiro atoms. The SMILES string of the molecule is CCc1nc(C(CC(C)C)NC(=O)O)nc2ccc(-c3ccncn3)cc12. The monoisotopic (exact) mass is 365 g/mol. The Balaban J connectivity index is 2.08. The molecule has 0 aliphatic rings. The number of aryl methyl sites for hydroxylation is 1. The van der Waals surface area contributed by atoms with Crippen LogP contribution in [0.2, 0.25) is 0 Å². The summed E-state index contributed by atoms with van der Waals surface area (Å²) in [4.78, 5) is 28.8. The predicted octanol–water partition coefficient (Wildman–Crippen LogP) is 4.00. The van der Waals surface area contributed by atoms with E-state index >= 15 is 0 Å². The second-order valence-electron chi connectivity index (χ2n) is 6.84. The highest BCUT2D eigenvalue weighted by Gasteiger charge is 2.20. The van der Waals surface area contributed by atoms with Crippen molar-refractivity contribution >= 4 is 17.0 Å². The summed E-state index contributed by atoms with van der Waals surface area (Å²) in [5.41, 5.74) is 3.50. The van der Waals surface area contributed by atoms with Gasteiger partial charge in [0.15, 0.2) is 5.82 Å². The van der Waals surface area contributed by atoms with Crippen LogP contribution in [0.4, 0.5) is 4.79 Å². The molecular weight excluding hydrogens is 342 g/mol. The van der Waals surface area contributed by atoms with Gasteiger partial charge in [0.05, 0.1) is 22.9 Å². The fourth-order valence-electron chi connectivity index (χ4n) is 3.11. The van der Waals surface area contributed by atoms with Gasteiger partial charge in [-0.2, -0.15) is 0 Å². The Morgan fingerprint density at radius 1 is 1.22 bits per heavy atom. The lowest BCUT2D eigenvalue weighted by Crippen LogP contribution is -2.29. The first-order chi connectivity index (χ1) is 13.0. The second kappa shape index (κ2) is 8.07. The van der Waals surface area contributed by atoms with Crippen molar-refractivity contribution in [2.75, 3.05) is 0 Å². The number of carbonyl (C=O) groups is 1. The van der Waals surface area contributed by atoms with Gasteiger partial charge >= 0.3 is 6.09 Å². The summed E-state index contributed by atoms with van der Waals surface area (Å²) in [6.45, 7) is 6.13. The maximum absolute atomic E-state index is 11.2. The number of fused-ring (bicyclic) bond motifs is 1. The lowest BCUT2D eigenvalue weighted by atomic mass is 10.0. The Hall–Kier alpha value is -3.09. The maximum atomic E-state index is 11.2. The van der Waals surface area contributed by atoms with Gasteiger partial charge in [0.25, 0.3) is 0 Å². The quantitative estimate of drug-likeness (QED) is 0.684. The van der Waals surface area contributed by atoms with Crippen molar-refractivity contribution in [3.63, 3.8) is 0 Å². The minimum absolute atomic E-state index is 0.311. The third-order valence-electron chi connectivity index (χ3n) is 4.32. The van der Waals surface area contributed by atoms with E-state index in [1.807, 2.05) is 45.0 Å². The average Bonchev–Trinajstić information content (AvgIpc) is 2.66. The molecular formula is C20H23N5O2. The van der Waals surface area contributed by atoms with Crippen LogP contribution in [0.1, 0.15) is 44.8 Å². The molecule has 2 aromatic heterocycles. The van der Waals surface area contributed by atoms with Crippen molar-refractivity contribution in [2.45, 2.75) is 39.7 Å². The number of aromatic nitrogens is 4. The Bertz CT molecular complexity index is 944. The summed E-state index contributed by atoms with van der Waals surface area (Å²) >= 11 is 0. The zero-order valence-corrected chi connectivity index (χ0v) is 15.7. The lowest BCUT2D eigenvalue weighted by Gasteiger charge is -2.19. The zero-order chi connectivity index (χ0) is 19.4. The van der Waals surface area contributed by atoms with E-state index in [-0.39, 0.29) is 0 Å². The van der Waals surface area contributed by atoms with Gasteiger partial charge in [0, 0.05) is 17.1 Å². The number of nitrogens with one attached hydrogen (secondary N) is 1. The third kappa shape index (κ3) is 4.36. The fourth-order valence-corrected chi connectivity index (χ4v) is 3.11. The zero-order valence-electron chi connectivity index (χ0n) is 15.7. The predicted molar refractivity (Wildman–Crippen MR) is 103 cm³/mol. The van der Waals surface area contributed by atoms with Crippen molar-refractivity contribution in [3.8, 4) is 11.3 Å². The van der Waals surface area contributed by atoms with Gasteiger partial charge in [-0.25, -0.2) is 24.7 Å². The summed E-state index contributed by atoms with van der Waals surface area (Å²) < 4.78 is 0. The van der Waals surface area contributed by atoms with Gasteiger partial charge in [-0.1, -0.05) is 26.8 Å². The van der Waals surface area contributed by atoms with Crippen molar-refractivity contribution in [1.29, 1.82) is 0 Å². The van der Waals surface area contributed by atoms with Gasteiger partial charge < -0.3 is 10.4 Å². The minimum atomic E-state index is -1.07. The molecule has 7 heteroatoms. The van der Waals surface area contributed by atoms with Crippen LogP contribution in [-0.4, -0.2) is 31.1 Å². The molecule has 0 fully saturated rings. The lowest BCUT2D eigenvalue weighted by molar-refractivity contribution is 0.187. The molecule has 3 aromatic rings. The highest BCUT2D eigenvalue weighted by Crippen LogP contribution is 2.27. The van der Waals surface area contributed by atoms with E-state index in [9.17, 15) is 9.90 Å². The number of rotatable bonds is 6. The Kier molecular flexibility index (Phi) is 5.59. The molecule has 1 amide bonds. The topological polar surface area (TPSA) is 101 Å². The number of amides is 1. The van der Waals surface area contributed by atoms with Crippen LogP contribution < -0.4 is 5.32 Å². The van der Waals surface area contributed by atoms with E-state index in [0.29, 0.717) is 18.2 Å². The molecule has 1 unspecified atom stereocenters. The van der Waals surface area contributed by atoms with Crippen LogP contribution in [-0.2, 0) is 6.42 Å². The first-order valence-electron chi connectivity index (χ1n) is 9.04. The highest BCUT2D eigenvalue weighted by molar-refractivity contribution is 5.85. The van der Waals surface area contributed by atoms with E-state index in [1.165, 1.54) is 6.33 Å². The number of hydrogen-bond acceptors (Lipinski definition) is 5. The number of hydrogen-bond donors (Lipinski definition) is 2. The summed E-state index contributed by atoms with van der Waals surface area (Å²) in [7, 11) is 0. The van der Waals surface area contributed by atoms with Gasteiger partial charge in [-0.15, -0.1) is 0 Å². The normalized spacial score (nSPS) is 12.3. The molecule has 0 saturated heterocycles. The molecule has 0 bridgehead atoms. The molecule has 27 heavy (non-hydrogen) atoms. The molecule has 3 rings (SSSR count). The van der Waals surface area contributed by atoms with Crippen LogP contribution in [0.15, 0.2) is 36.8 Å².